The first kappa shape index (κ1) is 19.2. The first-order valence-electron chi connectivity index (χ1n) is 9.13. The van der Waals surface area contributed by atoms with Crippen LogP contribution in [-0.2, 0) is 4.79 Å². The summed E-state index contributed by atoms with van der Waals surface area (Å²) in [6.45, 7) is 5.73. The van der Waals surface area contributed by atoms with Crippen LogP contribution in [0.4, 0.5) is 8.78 Å². The van der Waals surface area contributed by atoms with E-state index in [9.17, 15) is 19.1 Å². The summed E-state index contributed by atoms with van der Waals surface area (Å²) >= 11 is 0. The van der Waals surface area contributed by atoms with Gasteiger partial charge in [-0.2, -0.15) is 0 Å². The number of aldehydes is 1. The molecule has 1 aliphatic heterocycles. The third-order valence-corrected chi connectivity index (χ3v) is 9.21. The van der Waals surface area contributed by atoms with Gasteiger partial charge in [0.1, 0.15) is 13.8 Å². The fourth-order valence-corrected chi connectivity index (χ4v) is 7.32. The van der Waals surface area contributed by atoms with Gasteiger partial charge < -0.3 is 5.11 Å². The maximum atomic E-state index is 15.2. The summed E-state index contributed by atoms with van der Waals surface area (Å²) in [6, 6.07) is 6.19. The highest BCUT2D eigenvalue weighted by Gasteiger charge is 2.41. The minimum atomic E-state index is -2.39. The fraction of sp³-hybridized carbons (Fsp3) is 0.130. The van der Waals surface area contributed by atoms with Crippen LogP contribution in [0.15, 0.2) is 53.3 Å². The minimum absolute atomic E-state index is 0.0597. The average Bonchev–Trinajstić information content (AvgIpc) is 2.68. The van der Waals surface area contributed by atoms with Crippen molar-refractivity contribution < 1.29 is 23.5 Å². The van der Waals surface area contributed by atoms with Gasteiger partial charge in [-0.05, 0) is 69.9 Å². The molecule has 0 saturated carbocycles. The molecule has 0 spiro atoms. The molecule has 1 N–H and O–H groups in total. The normalized spacial score (nSPS) is 17.0. The molecule has 6 heteroatoms. The zero-order valence-electron chi connectivity index (χ0n) is 16.1. The van der Waals surface area contributed by atoms with E-state index in [4.69, 9.17) is 0 Å². The highest BCUT2D eigenvalue weighted by molar-refractivity contribution is 6.98. The van der Waals surface area contributed by atoms with E-state index >= 15 is 4.39 Å². The van der Waals surface area contributed by atoms with Crippen molar-refractivity contribution in [2.45, 2.75) is 20.0 Å². The Morgan fingerprint density at radius 3 is 2.48 bits per heavy atom. The number of phenolic OH excluding ortho intramolecular Hbond substituents is 1. The number of allylic oxidation sites excluding steroid dienone is 5. The molecule has 0 aromatic heterocycles. The second kappa shape index (κ2) is 6.45. The molecule has 0 fully saturated rings. The summed E-state index contributed by atoms with van der Waals surface area (Å²) in [5, 5.41) is 11.7. The highest BCUT2D eigenvalue weighted by Crippen LogP contribution is 2.43. The van der Waals surface area contributed by atoms with Gasteiger partial charge in [0.25, 0.3) is 0 Å². The lowest BCUT2D eigenvalue weighted by molar-refractivity contribution is -0.110. The fourth-order valence-electron chi connectivity index (χ4n) is 4.26. The Labute approximate surface area is 167 Å². The summed E-state index contributed by atoms with van der Waals surface area (Å²) < 4.78 is 29.7. The number of benzene rings is 2. The van der Waals surface area contributed by atoms with Gasteiger partial charge in [0, 0.05) is 5.56 Å². The van der Waals surface area contributed by atoms with Crippen molar-refractivity contribution in [3.05, 3.63) is 87.2 Å². The van der Waals surface area contributed by atoms with Crippen LogP contribution >= 0.6 is 0 Å². The molecule has 0 radical (unpaired) electrons. The Kier molecular flexibility index (Phi) is 4.27. The molecule has 0 amide bonds. The number of carbonyl (C=O) groups is 2. The zero-order valence-corrected chi connectivity index (χ0v) is 17.1. The highest BCUT2D eigenvalue weighted by atomic mass is 28.3. The predicted molar refractivity (Wildman–Crippen MR) is 110 cm³/mol. The van der Waals surface area contributed by atoms with Crippen molar-refractivity contribution in [1.29, 1.82) is 0 Å². The summed E-state index contributed by atoms with van der Waals surface area (Å²) in [6.07, 6.45) is 4.92. The van der Waals surface area contributed by atoms with E-state index < -0.39 is 19.7 Å². The molecule has 4 rings (SSSR count). The lowest BCUT2D eigenvalue weighted by Gasteiger charge is -2.37. The molecule has 0 saturated heterocycles. The Morgan fingerprint density at radius 1 is 1.07 bits per heavy atom. The van der Waals surface area contributed by atoms with Crippen LogP contribution in [0.3, 0.4) is 0 Å². The van der Waals surface area contributed by atoms with Gasteiger partial charge in [-0.25, -0.2) is 8.78 Å². The molecule has 0 unspecified atom stereocenters. The number of carbonyl (C=O) groups excluding carboxylic acids is 2. The number of fused-ring (bicyclic) bond motifs is 2. The van der Waals surface area contributed by atoms with Crippen LogP contribution in [0.2, 0.25) is 13.1 Å². The van der Waals surface area contributed by atoms with Crippen LogP contribution in [0.1, 0.15) is 27.0 Å². The van der Waals surface area contributed by atoms with E-state index in [1.807, 2.05) is 0 Å². The SMILES string of the molecule is Cc1cc(C=O)c(F)c(F)c1C1=C2C=CC(=O)C=C2[Si](C)(C)c2cc(O)ccc21. The predicted octanol–water partition coefficient (Wildman–Crippen LogP) is 4.13. The maximum Gasteiger partial charge on any atom is 0.178 e. The summed E-state index contributed by atoms with van der Waals surface area (Å²) in [5.41, 5.74) is 1.98. The summed E-state index contributed by atoms with van der Waals surface area (Å²) in [5.74, 6) is -2.38. The van der Waals surface area contributed by atoms with Gasteiger partial charge in [-0.15, -0.1) is 0 Å². The van der Waals surface area contributed by atoms with Crippen molar-refractivity contribution in [3.8, 4) is 5.75 Å². The van der Waals surface area contributed by atoms with Crippen LogP contribution in [0.5, 0.6) is 5.75 Å². The number of hydrogen-bond donors (Lipinski definition) is 1. The zero-order chi connectivity index (χ0) is 21.1. The van der Waals surface area contributed by atoms with E-state index in [-0.39, 0.29) is 22.7 Å². The van der Waals surface area contributed by atoms with E-state index in [0.29, 0.717) is 28.6 Å². The Morgan fingerprint density at radius 2 is 1.79 bits per heavy atom. The van der Waals surface area contributed by atoms with E-state index in [1.165, 1.54) is 18.2 Å². The van der Waals surface area contributed by atoms with Crippen molar-refractivity contribution >= 4 is 30.9 Å². The smallest absolute Gasteiger partial charge is 0.178 e. The molecule has 0 bridgehead atoms. The Hall–Kier alpha value is -3.12. The average molecular weight is 408 g/mol. The second-order valence-corrected chi connectivity index (χ2v) is 12.2. The molecule has 2 aromatic rings. The third-order valence-electron chi connectivity index (χ3n) is 5.69. The number of aromatic hydroxyl groups is 1. The van der Waals surface area contributed by atoms with Crippen LogP contribution in [0, 0.1) is 18.6 Å². The van der Waals surface area contributed by atoms with Gasteiger partial charge in [-0.1, -0.05) is 25.2 Å². The van der Waals surface area contributed by atoms with E-state index in [2.05, 4.69) is 13.1 Å². The molecule has 146 valence electrons. The van der Waals surface area contributed by atoms with Crippen LogP contribution in [-0.4, -0.2) is 25.2 Å². The molecule has 2 aromatic carbocycles. The van der Waals surface area contributed by atoms with Crippen LogP contribution in [0.25, 0.3) is 5.57 Å². The molecule has 2 aliphatic rings. The molecular formula is C23H18F2O3Si. The first-order valence-corrected chi connectivity index (χ1v) is 12.1. The molecule has 3 nitrogen and oxygen atoms in total. The standard InChI is InChI=1S/C23H18F2O3Si/c1-12-8-13(11-26)22(24)23(25)20(12)21-16-6-4-14(27)9-18(16)29(2,3)19-10-15(28)5-7-17(19)21/h4-11,27H,1-3H3. The lowest BCUT2D eigenvalue weighted by Crippen LogP contribution is -2.49. The number of halogens is 2. The van der Waals surface area contributed by atoms with E-state index in [1.54, 1.807) is 31.2 Å². The largest absolute Gasteiger partial charge is 0.508 e. The molecule has 29 heavy (non-hydrogen) atoms. The first-order chi connectivity index (χ1) is 13.7. The maximum absolute atomic E-state index is 15.2. The van der Waals surface area contributed by atoms with Gasteiger partial charge in [0.2, 0.25) is 0 Å². The number of rotatable bonds is 2. The molecule has 1 heterocycles. The van der Waals surface area contributed by atoms with Gasteiger partial charge >= 0.3 is 0 Å². The topological polar surface area (TPSA) is 54.4 Å². The summed E-state index contributed by atoms with van der Waals surface area (Å²) in [4.78, 5) is 23.2. The van der Waals surface area contributed by atoms with Crippen molar-refractivity contribution in [2.24, 2.45) is 0 Å². The second-order valence-electron chi connectivity index (χ2n) is 7.84. The van der Waals surface area contributed by atoms with Gasteiger partial charge in [-0.3, -0.25) is 9.59 Å². The molecule has 1 aliphatic carbocycles. The quantitative estimate of drug-likeness (QED) is 0.601. The Bertz CT molecular complexity index is 1200. The number of phenols is 1. The molecule has 0 atom stereocenters. The lowest BCUT2D eigenvalue weighted by atomic mass is 9.86. The van der Waals surface area contributed by atoms with Gasteiger partial charge in [0.15, 0.2) is 23.7 Å². The van der Waals surface area contributed by atoms with Gasteiger partial charge in [0.05, 0.1) is 5.56 Å². The monoisotopic (exact) mass is 408 g/mol. The number of ketones is 1. The molecular weight excluding hydrogens is 390 g/mol. The third kappa shape index (κ3) is 2.74. The van der Waals surface area contributed by atoms with Crippen molar-refractivity contribution in [3.63, 3.8) is 0 Å². The van der Waals surface area contributed by atoms with Crippen LogP contribution < -0.4 is 5.19 Å². The summed E-state index contributed by atoms with van der Waals surface area (Å²) in [7, 11) is -2.39. The number of hydrogen-bond acceptors (Lipinski definition) is 3. The minimum Gasteiger partial charge on any atom is -0.508 e. The van der Waals surface area contributed by atoms with E-state index in [0.717, 1.165) is 10.4 Å². The number of aryl methyl sites for hydroxylation is 1. The van der Waals surface area contributed by atoms with Crippen molar-refractivity contribution in [2.75, 3.05) is 0 Å². The van der Waals surface area contributed by atoms with Crippen molar-refractivity contribution in [1.82, 2.24) is 0 Å². The Balaban J connectivity index is 2.17.